The first-order valence-electron chi connectivity index (χ1n) is 6.07. The van der Waals surface area contributed by atoms with Crippen LogP contribution in [0.5, 0.6) is 0 Å². The average Bonchev–Trinajstić information content (AvgIpc) is 2.92. The predicted octanol–water partition coefficient (Wildman–Crippen LogP) is 2.97. The van der Waals surface area contributed by atoms with Crippen LogP contribution in [-0.4, -0.2) is 15.1 Å². The number of nitrogens with zero attached hydrogens (tertiary/aromatic N) is 3. The number of halogens is 2. The van der Waals surface area contributed by atoms with Crippen LogP contribution in [-0.2, 0) is 0 Å². The van der Waals surface area contributed by atoms with Gasteiger partial charge in [0, 0.05) is 11.8 Å². The summed E-state index contributed by atoms with van der Waals surface area (Å²) in [4.78, 5) is 8.31. The molecule has 0 amide bonds. The Balaban J connectivity index is 2.05. The van der Waals surface area contributed by atoms with Crippen LogP contribution < -0.4 is 5.73 Å². The zero-order valence-corrected chi connectivity index (χ0v) is 11.0. The number of nitrogens with two attached hydrogens (primary N) is 1. The minimum atomic E-state index is -0.837. The van der Waals surface area contributed by atoms with E-state index in [0.29, 0.717) is 11.8 Å². The second-order valence-electron chi connectivity index (χ2n) is 4.44. The van der Waals surface area contributed by atoms with E-state index in [1.807, 2.05) is 13.0 Å². The lowest BCUT2D eigenvalue weighted by Gasteiger charge is -2.00. The van der Waals surface area contributed by atoms with E-state index >= 15 is 0 Å². The molecular weight excluding hydrogens is 278 g/mol. The Morgan fingerprint density at radius 3 is 2.67 bits per heavy atom. The molecule has 7 heteroatoms. The monoisotopic (exact) mass is 288 g/mol. The van der Waals surface area contributed by atoms with Gasteiger partial charge in [-0.3, -0.25) is 0 Å². The summed E-state index contributed by atoms with van der Waals surface area (Å²) in [6, 6.07) is 7.12. The number of hydrogen-bond donors (Lipinski definition) is 1. The Bertz CT molecular complexity index is 816. The molecule has 5 nitrogen and oxygen atoms in total. The molecule has 21 heavy (non-hydrogen) atoms. The molecule has 0 aliphatic carbocycles. The minimum Gasteiger partial charge on any atom is -0.396 e. The standard InChI is InChI=1S/C14H10F2N4O/c1-7-3-2-4-12(18-7)13-19-14(21-20-13)8-5-11(17)10(16)6-9(8)15/h2-6H,17H2,1H3. The highest BCUT2D eigenvalue weighted by Crippen LogP contribution is 2.27. The van der Waals surface area contributed by atoms with Crippen LogP contribution in [0, 0.1) is 18.6 Å². The molecule has 2 aromatic heterocycles. The summed E-state index contributed by atoms with van der Waals surface area (Å²) in [5, 5.41) is 3.75. The summed E-state index contributed by atoms with van der Waals surface area (Å²) >= 11 is 0. The van der Waals surface area contributed by atoms with Crippen LogP contribution in [0.1, 0.15) is 5.69 Å². The number of aromatic nitrogens is 3. The van der Waals surface area contributed by atoms with Crippen molar-refractivity contribution in [2.24, 2.45) is 0 Å². The molecule has 0 fully saturated rings. The molecule has 2 heterocycles. The van der Waals surface area contributed by atoms with E-state index in [0.717, 1.165) is 11.8 Å². The Hall–Kier alpha value is -2.83. The molecular formula is C14H10F2N4O. The van der Waals surface area contributed by atoms with Gasteiger partial charge in [0.1, 0.15) is 17.3 Å². The maximum Gasteiger partial charge on any atom is 0.261 e. The highest BCUT2D eigenvalue weighted by atomic mass is 19.1. The number of aryl methyl sites for hydroxylation is 1. The molecule has 106 valence electrons. The third-order valence-corrected chi connectivity index (χ3v) is 2.86. The number of benzene rings is 1. The maximum atomic E-state index is 13.8. The van der Waals surface area contributed by atoms with Crippen molar-refractivity contribution in [3.8, 4) is 23.0 Å². The van der Waals surface area contributed by atoms with E-state index in [1.54, 1.807) is 12.1 Å². The Kier molecular flexibility index (Phi) is 3.09. The zero-order valence-electron chi connectivity index (χ0n) is 11.0. The van der Waals surface area contributed by atoms with Crippen molar-refractivity contribution in [3.63, 3.8) is 0 Å². The fourth-order valence-corrected chi connectivity index (χ4v) is 1.83. The molecule has 0 unspecified atom stereocenters. The fourth-order valence-electron chi connectivity index (χ4n) is 1.83. The Morgan fingerprint density at radius 2 is 1.90 bits per heavy atom. The first-order valence-corrected chi connectivity index (χ1v) is 6.07. The van der Waals surface area contributed by atoms with Crippen molar-refractivity contribution < 1.29 is 13.3 Å². The third-order valence-electron chi connectivity index (χ3n) is 2.86. The summed E-state index contributed by atoms with van der Waals surface area (Å²) in [7, 11) is 0. The molecule has 2 N–H and O–H groups in total. The van der Waals surface area contributed by atoms with Crippen molar-refractivity contribution in [2.75, 3.05) is 5.73 Å². The lowest BCUT2D eigenvalue weighted by atomic mass is 10.2. The number of rotatable bonds is 2. The van der Waals surface area contributed by atoms with Gasteiger partial charge >= 0.3 is 0 Å². The summed E-state index contributed by atoms with van der Waals surface area (Å²) < 4.78 is 31.9. The van der Waals surface area contributed by atoms with Crippen molar-refractivity contribution in [2.45, 2.75) is 6.92 Å². The first kappa shape index (κ1) is 13.2. The van der Waals surface area contributed by atoms with Gasteiger partial charge in [-0.05, 0) is 25.1 Å². The van der Waals surface area contributed by atoms with Crippen molar-refractivity contribution in [3.05, 3.63) is 47.7 Å². The van der Waals surface area contributed by atoms with Gasteiger partial charge in [0.05, 0.1) is 11.3 Å². The lowest BCUT2D eigenvalue weighted by Crippen LogP contribution is -1.95. The topological polar surface area (TPSA) is 77.8 Å². The molecule has 0 bridgehead atoms. The second-order valence-corrected chi connectivity index (χ2v) is 4.44. The number of pyridine rings is 1. The van der Waals surface area contributed by atoms with E-state index in [4.69, 9.17) is 10.3 Å². The van der Waals surface area contributed by atoms with Crippen LogP contribution in [0.3, 0.4) is 0 Å². The summed E-state index contributed by atoms with van der Waals surface area (Å²) in [5.74, 6) is -1.53. The van der Waals surface area contributed by atoms with Crippen molar-refractivity contribution >= 4 is 5.69 Å². The molecule has 0 atom stereocenters. The maximum absolute atomic E-state index is 13.8. The van der Waals surface area contributed by atoms with Crippen molar-refractivity contribution in [1.29, 1.82) is 0 Å². The summed E-state index contributed by atoms with van der Waals surface area (Å²) in [6.07, 6.45) is 0. The third kappa shape index (κ3) is 2.45. The van der Waals surface area contributed by atoms with E-state index in [2.05, 4.69) is 15.1 Å². The molecule has 0 aliphatic rings. The highest BCUT2D eigenvalue weighted by Gasteiger charge is 2.17. The number of hydrogen-bond acceptors (Lipinski definition) is 5. The second kappa shape index (κ2) is 4.93. The molecule has 3 aromatic rings. The van der Waals surface area contributed by atoms with Gasteiger partial charge < -0.3 is 10.3 Å². The summed E-state index contributed by atoms with van der Waals surface area (Å²) in [5.41, 5.74) is 6.46. The van der Waals surface area contributed by atoms with Gasteiger partial charge in [-0.25, -0.2) is 13.8 Å². The van der Waals surface area contributed by atoms with Gasteiger partial charge in [0.15, 0.2) is 0 Å². The fraction of sp³-hybridized carbons (Fsp3) is 0.0714. The van der Waals surface area contributed by atoms with Gasteiger partial charge in [-0.15, -0.1) is 0 Å². The van der Waals surface area contributed by atoms with Crippen LogP contribution in [0.2, 0.25) is 0 Å². The highest BCUT2D eigenvalue weighted by molar-refractivity contribution is 5.63. The number of nitrogen functional groups attached to an aromatic ring is 1. The van der Waals surface area contributed by atoms with Crippen LogP contribution in [0.4, 0.5) is 14.5 Å². The first-order chi connectivity index (χ1) is 10.0. The summed E-state index contributed by atoms with van der Waals surface area (Å²) in [6.45, 7) is 1.82. The number of anilines is 1. The molecule has 0 saturated carbocycles. The Labute approximate surface area is 118 Å². The molecule has 0 radical (unpaired) electrons. The quantitative estimate of drug-likeness (QED) is 0.733. The van der Waals surface area contributed by atoms with Crippen LogP contribution >= 0.6 is 0 Å². The van der Waals surface area contributed by atoms with E-state index in [-0.39, 0.29) is 23.0 Å². The average molecular weight is 288 g/mol. The van der Waals surface area contributed by atoms with E-state index < -0.39 is 11.6 Å². The minimum absolute atomic E-state index is 0.0553. The van der Waals surface area contributed by atoms with Crippen molar-refractivity contribution in [1.82, 2.24) is 15.1 Å². The van der Waals surface area contributed by atoms with Crippen LogP contribution in [0.25, 0.3) is 23.0 Å². The van der Waals surface area contributed by atoms with Gasteiger partial charge in [0.25, 0.3) is 5.89 Å². The largest absolute Gasteiger partial charge is 0.396 e. The lowest BCUT2D eigenvalue weighted by molar-refractivity contribution is 0.429. The molecule has 0 aliphatic heterocycles. The zero-order chi connectivity index (χ0) is 15.0. The normalized spacial score (nSPS) is 10.8. The van der Waals surface area contributed by atoms with Gasteiger partial charge in [-0.2, -0.15) is 4.98 Å². The molecule has 0 saturated heterocycles. The predicted molar refractivity (Wildman–Crippen MR) is 72.0 cm³/mol. The van der Waals surface area contributed by atoms with E-state index in [9.17, 15) is 8.78 Å². The van der Waals surface area contributed by atoms with Gasteiger partial charge in [0.2, 0.25) is 5.82 Å². The molecule has 0 spiro atoms. The smallest absolute Gasteiger partial charge is 0.261 e. The SMILES string of the molecule is Cc1cccc(-c2noc(-c3cc(N)c(F)cc3F)n2)n1. The molecule has 1 aromatic carbocycles. The van der Waals surface area contributed by atoms with Crippen LogP contribution in [0.15, 0.2) is 34.9 Å². The Morgan fingerprint density at radius 1 is 1.10 bits per heavy atom. The molecule has 3 rings (SSSR count). The van der Waals surface area contributed by atoms with Gasteiger partial charge in [-0.1, -0.05) is 11.2 Å². The van der Waals surface area contributed by atoms with E-state index in [1.165, 1.54) is 0 Å².